The maximum Gasteiger partial charge on any atom is 0.138 e. The Kier molecular flexibility index (Phi) is 4.47. The predicted octanol–water partition coefficient (Wildman–Crippen LogP) is 4.38. The molecule has 3 rings (SSSR count). The molecule has 1 N–H and O–H groups in total. The number of hydrogen-bond acceptors (Lipinski definition) is 2. The molecule has 3 heteroatoms. The number of hydrogen-bond donors (Lipinski definition) is 1. The second-order valence-corrected chi connectivity index (χ2v) is 5.85. The highest BCUT2D eigenvalue weighted by Crippen LogP contribution is 2.33. The van der Waals surface area contributed by atoms with Gasteiger partial charge in [-0.15, -0.1) is 0 Å². The normalized spacial score (nSPS) is 21.4. The first-order valence-corrected chi connectivity index (χ1v) is 7.83. The number of fused-ring (bicyclic) bond motifs is 1. The van der Waals surface area contributed by atoms with Crippen LogP contribution in [0.5, 0.6) is 5.75 Å². The molecule has 0 radical (unpaired) electrons. The summed E-state index contributed by atoms with van der Waals surface area (Å²) in [6.45, 7) is 0. The van der Waals surface area contributed by atoms with E-state index in [2.05, 4.69) is 29.6 Å². The van der Waals surface area contributed by atoms with Gasteiger partial charge in [-0.05, 0) is 49.6 Å². The standard InChI is InChI=1S/C18H20ClNO/c1-20-18-14-9-3-2-7-13(14)8-6-12-17(18)21-16-11-5-4-10-15(16)19/h2-5,7,9-11,17-18,20H,6,8,12H2,1H3. The monoisotopic (exact) mass is 301 g/mol. The largest absolute Gasteiger partial charge is 0.487 e. The minimum atomic E-state index is 0.0959. The van der Waals surface area contributed by atoms with Crippen LogP contribution < -0.4 is 10.1 Å². The van der Waals surface area contributed by atoms with Gasteiger partial charge in [0.2, 0.25) is 0 Å². The van der Waals surface area contributed by atoms with Crippen LogP contribution >= 0.6 is 11.6 Å². The van der Waals surface area contributed by atoms with Crippen molar-refractivity contribution in [3.63, 3.8) is 0 Å². The Hall–Kier alpha value is -1.51. The number of likely N-dealkylation sites (N-methyl/N-ethyl adjacent to an activating group) is 1. The van der Waals surface area contributed by atoms with Gasteiger partial charge in [-0.2, -0.15) is 0 Å². The Labute approximate surface area is 131 Å². The summed E-state index contributed by atoms with van der Waals surface area (Å²) < 4.78 is 6.23. The summed E-state index contributed by atoms with van der Waals surface area (Å²) >= 11 is 6.23. The molecule has 110 valence electrons. The number of para-hydroxylation sites is 1. The molecule has 0 saturated carbocycles. The smallest absolute Gasteiger partial charge is 0.138 e. The van der Waals surface area contributed by atoms with E-state index >= 15 is 0 Å². The molecule has 1 aliphatic carbocycles. The number of halogens is 1. The zero-order chi connectivity index (χ0) is 14.7. The predicted molar refractivity (Wildman–Crippen MR) is 87.0 cm³/mol. The molecule has 0 saturated heterocycles. The lowest BCUT2D eigenvalue weighted by atomic mass is 9.98. The number of benzene rings is 2. The maximum absolute atomic E-state index is 6.23. The molecular formula is C18H20ClNO. The quantitative estimate of drug-likeness (QED) is 0.849. The molecule has 0 aliphatic heterocycles. The van der Waals surface area contributed by atoms with Gasteiger partial charge < -0.3 is 10.1 Å². The van der Waals surface area contributed by atoms with Crippen molar-refractivity contribution in [2.75, 3.05) is 7.05 Å². The zero-order valence-electron chi connectivity index (χ0n) is 12.2. The summed E-state index contributed by atoms with van der Waals surface area (Å²) in [6.07, 6.45) is 3.35. The van der Waals surface area contributed by atoms with E-state index in [-0.39, 0.29) is 12.1 Å². The van der Waals surface area contributed by atoms with Crippen molar-refractivity contribution in [2.24, 2.45) is 0 Å². The van der Waals surface area contributed by atoms with Crippen LogP contribution in [0.1, 0.15) is 30.0 Å². The topological polar surface area (TPSA) is 21.3 Å². The van der Waals surface area contributed by atoms with Crippen molar-refractivity contribution in [1.82, 2.24) is 5.32 Å². The van der Waals surface area contributed by atoms with Gasteiger partial charge in [-0.25, -0.2) is 0 Å². The fourth-order valence-corrected chi connectivity index (χ4v) is 3.28. The van der Waals surface area contributed by atoms with E-state index in [1.54, 1.807) is 0 Å². The molecule has 1 aliphatic rings. The summed E-state index contributed by atoms with van der Waals surface area (Å²) in [5.41, 5.74) is 2.76. The molecule has 2 unspecified atom stereocenters. The summed E-state index contributed by atoms with van der Waals surface area (Å²) in [5, 5.41) is 4.09. The molecule has 2 aromatic rings. The van der Waals surface area contributed by atoms with E-state index < -0.39 is 0 Å². The lowest BCUT2D eigenvalue weighted by molar-refractivity contribution is 0.148. The van der Waals surface area contributed by atoms with Crippen LogP contribution in [0.25, 0.3) is 0 Å². The highest BCUT2D eigenvalue weighted by Gasteiger charge is 2.28. The van der Waals surface area contributed by atoms with Gasteiger partial charge in [0.15, 0.2) is 0 Å². The molecule has 0 fully saturated rings. The van der Waals surface area contributed by atoms with Crippen LogP contribution in [0.2, 0.25) is 5.02 Å². The molecular weight excluding hydrogens is 282 g/mol. The fraction of sp³-hybridized carbons (Fsp3) is 0.333. The SMILES string of the molecule is CNC1c2ccccc2CCCC1Oc1ccccc1Cl. The molecule has 2 atom stereocenters. The van der Waals surface area contributed by atoms with Crippen LogP contribution in [-0.4, -0.2) is 13.2 Å². The van der Waals surface area contributed by atoms with Gasteiger partial charge in [0.1, 0.15) is 11.9 Å². The molecule has 0 spiro atoms. The Morgan fingerprint density at radius 2 is 1.86 bits per heavy atom. The molecule has 0 heterocycles. The van der Waals surface area contributed by atoms with Crippen LogP contribution in [0.4, 0.5) is 0 Å². The Bertz CT molecular complexity index is 614. The Morgan fingerprint density at radius 1 is 1.10 bits per heavy atom. The van der Waals surface area contributed by atoms with E-state index in [1.807, 2.05) is 31.3 Å². The van der Waals surface area contributed by atoms with Gasteiger partial charge in [0, 0.05) is 0 Å². The first-order valence-electron chi connectivity index (χ1n) is 7.46. The van der Waals surface area contributed by atoms with Gasteiger partial charge in [0.25, 0.3) is 0 Å². The van der Waals surface area contributed by atoms with Gasteiger partial charge >= 0.3 is 0 Å². The van der Waals surface area contributed by atoms with Gasteiger partial charge in [-0.3, -0.25) is 0 Å². The van der Waals surface area contributed by atoms with E-state index in [0.717, 1.165) is 25.0 Å². The first-order chi connectivity index (χ1) is 10.3. The fourth-order valence-electron chi connectivity index (χ4n) is 3.10. The number of rotatable bonds is 3. The average Bonchev–Trinajstić information content (AvgIpc) is 2.68. The van der Waals surface area contributed by atoms with E-state index in [4.69, 9.17) is 16.3 Å². The number of nitrogens with one attached hydrogen (secondary N) is 1. The third kappa shape index (κ3) is 3.07. The summed E-state index contributed by atoms with van der Waals surface area (Å²) in [5.74, 6) is 0.767. The van der Waals surface area contributed by atoms with Crippen LogP contribution in [0, 0.1) is 0 Å². The van der Waals surface area contributed by atoms with Crippen molar-refractivity contribution in [3.8, 4) is 5.75 Å². The van der Waals surface area contributed by atoms with Crippen molar-refractivity contribution < 1.29 is 4.74 Å². The minimum absolute atomic E-state index is 0.0959. The minimum Gasteiger partial charge on any atom is -0.487 e. The van der Waals surface area contributed by atoms with E-state index in [9.17, 15) is 0 Å². The molecule has 0 aromatic heterocycles. The summed E-state index contributed by atoms with van der Waals surface area (Å²) in [6, 6.07) is 16.5. The van der Waals surface area contributed by atoms with Crippen LogP contribution in [-0.2, 0) is 6.42 Å². The summed E-state index contributed by atoms with van der Waals surface area (Å²) in [7, 11) is 2.00. The third-order valence-corrected chi connectivity index (χ3v) is 4.43. The van der Waals surface area contributed by atoms with Gasteiger partial charge in [0.05, 0.1) is 11.1 Å². The van der Waals surface area contributed by atoms with Crippen molar-refractivity contribution in [2.45, 2.75) is 31.4 Å². The average molecular weight is 302 g/mol. The first kappa shape index (κ1) is 14.4. The third-order valence-electron chi connectivity index (χ3n) is 4.12. The summed E-state index contributed by atoms with van der Waals surface area (Å²) in [4.78, 5) is 0. The highest BCUT2D eigenvalue weighted by atomic mass is 35.5. The van der Waals surface area contributed by atoms with Crippen LogP contribution in [0.3, 0.4) is 0 Å². The molecule has 2 aromatic carbocycles. The molecule has 2 nitrogen and oxygen atoms in total. The number of aryl methyl sites for hydroxylation is 1. The highest BCUT2D eigenvalue weighted by molar-refractivity contribution is 6.32. The lowest BCUT2D eigenvalue weighted by Crippen LogP contribution is -2.33. The molecule has 0 bridgehead atoms. The maximum atomic E-state index is 6.23. The second-order valence-electron chi connectivity index (χ2n) is 5.44. The Morgan fingerprint density at radius 3 is 2.67 bits per heavy atom. The molecule has 21 heavy (non-hydrogen) atoms. The van der Waals surface area contributed by atoms with Crippen molar-refractivity contribution in [3.05, 3.63) is 64.7 Å². The Balaban J connectivity index is 1.90. The van der Waals surface area contributed by atoms with Crippen molar-refractivity contribution >= 4 is 11.6 Å². The van der Waals surface area contributed by atoms with E-state index in [1.165, 1.54) is 11.1 Å². The molecule has 0 amide bonds. The van der Waals surface area contributed by atoms with Crippen LogP contribution in [0.15, 0.2) is 48.5 Å². The zero-order valence-corrected chi connectivity index (χ0v) is 12.9. The number of ether oxygens (including phenoxy) is 1. The second kappa shape index (κ2) is 6.50. The lowest BCUT2D eigenvalue weighted by Gasteiger charge is -2.27. The van der Waals surface area contributed by atoms with Crippen molar-refractivity contribution in [1.29, 1.82) is 0 Å². The van der Waals surface area contributed by atoms with E-state index in [0.29, 0.717) is 5.02 Å². The van der Waals surface area contributed by atoms with Gasteiger partial charge in [-0.1, -0.05) is 48.0 Å².